The normalized spacial score (nSPS) is 15.2. The quantitative estimate of drug-likeness (QED) is 0.495. The predicted octanol–water partition coefficient (Wildman–Crippen LogP) is 2.64. The molecule has 0 radical (unpaired) electrons. The van der Waals surface area contributed by atoms with E-state index in [1.54, 1.807) is 19.3 Å². The molecule has 1 heterocycles. The van der Waals surface area contributed by atoms with Gasteiger partial charge in [-0.25, -0.2) is 0 Å². The molecule has 1 N–H and O–H groups in total. The van der Waals surface area contributed by atoms with Crippen LogP contribution in [0.1, 0.15) is 25.8 Å². The van der Waals surface area contributed by atoms with Crippen molar-refractivity contribution < 1.29 is 9.72 Å². The van der Waals surface area contributed by atoms with E-state index in [-0.39, 0.29) is 11.6 Å². The van der Waals surface area contributed by atoms with Crippen LogP contribution in [0.25, 0.3) is 0 Å². The van der Waals surface area contributed by atoms with E-state index in [1.807, 2.05) is 4.57 Å². The second kappa shape index (κ2) is 6.37. The lowest BCUT2D eigenvalue weighted by molar-refractivity contribution is -0.384. The Morgan fingerprint density at radius 1 is 1.52 bits per heavy atom. The lowest BCUT2D eigenvalue weighted by Gasteiger charge is -2.12. The number of amides is 1. The number of nitrogens with zero attached hydrogens (tertiary/aromatic N) is 4. The summed E-state index contributed by atoms with van der Waals surface area (Å²) in [5.74, 6) is -0.235. The van der Waals surface area contributed by atoms with Gasteiger partial charge in [0.25, 0.3) is 5.69 Å². The number of benzene rings is 1. The Hall–Kier alpha value is -2.42. The number of thioether (sulfide) groups is 1. The summed E-state index contributed by atoms with van der Waals surface area (Å²) in [6.45, 7) is 1.77. The lowest BCUT2D eigenvalue weighted by Crippen LogP contribution is -2.22. The Kier molecular flexibility index (Phi) is 4.28. The van der Waals surface area contributed by atoms with Crippen molar-refractivity contribution in [2.45, 2.75) is 36.2 Å². The third-order valence-electron chi connectivity index (χ3n) is 3.46. The number of aromatic nitrogens is 3. The monoisotopic (exact) mass is 333 g/mol. The highest BCUT2D eigenvalue weighted by molar-refractivity contribution is 8.00. The molecule has 120 valence electrons. The molecule has 0 saturated heterocycles. The van der Waals surface area contributed by atoms with E-state index in [0.29, 0.717) is 16.9 Å². The summed E-state index contributed by atoms with van der Waals surface area (Å²) in [6.07, 6.45) is 3.91. The van der Waals surface area contributed by atoms with E-state index >= 15 is 0 Å². The van der Waals surface area contributed by atoms with Crippen molar-refractivity contribution in [2.75, 3.05) is 5.32 Å². The summed E-state index contributed by atoms with van der Waals surface area (Å²) in [6, 6.07) is 6.32. The zero-order valence-electron chi connectivity index (χ0n) is 12.4. The van der Waals surface area contributed by atoms with E-state index in [1.165, 1.54) is 30.0 Å². The summed E-state index contributed by atoms with van der Waals surface area (Å²) in [5, 5.41) is 21.7. The Balaban J connectivity index is 1.64. The molecule has 1 aromatic heterocycles. The van der Waals surface area contributed by atoms with Gasteiger partial charge in [0, 0.05) is 23.9 Å². The average Bonchev–Trinajstić information content (AvgIpc) is 3.27. The van der Waals surface area contributed by atoms with Gasteiger partial charge in [0.15, 0.2) is 5.16 Å². The number of nitro groups is 1. The van der Waals surface area contributed by atoms with Gasteiger partial charge >= 0.3 is 0 Å². The molecular formula is C14H15N5O3S. The molecule has 0 spiro atoms. The van der Waals surface area contributed by atoms with E-state index in [0.717, 1.165) is 12.8 Å². The molecule has 0 aliphatic heterocycles. The van der Waals surface area contributed by atoms with Crippen LogP contribution in [0.15, 0.2) is 35.7 Å². The van der Waals surface area contributed by atoms with Crippen molar-refractivity contribution in [2.24, 2.45) is 0 Å². The first kappa shape index (κ1) is 15.5. The number of anilines is 1. The van der Waals surface area contributed by atoms with E-state index in [4.69, 9.17) is 0 Å². The fraction of sp³-hybridized carbons (Fsp3) is 0.357. The number of hydrogen-bond acceptors (Lipinski definition) is 6. The largest absolute Gasteiger partial charge is 0.325 e. The van der Waals surface area contributed by atoms with Gasteiger partial charge in [-0.05, 0) is 25.8 Å². The molecule has 1 aromatic carbocycles. The second-order valence-corrected chi connectivity index (χ2v) is 6.62. The van der Waals surface area contributed by atoms with Crippen molar-refractivity contribution in [3.63, 3.8) is 0 Å². The second-order valence-electron chi connectivity index (χ2n) is 5.31. The molecular weight excluding hydrogens is 318 g/mol. The number of hydrogen-bond donors (Lipinski definition) is 1. The van der Waals surface area contributed by atoms with Gasteiger partial charge in [0.05, 0.1) is 10.2 Å². The first-order valence-corrected chi connectivity index (χ1v) is 8.04. The maximum absolute atomic E-state index is 12.3. The highest BCUT2D eigenvalue weighted by Crippen LogP contribution is 2.38. The minimum Gasteiger partial charge on any atom is -0.325 e. The van der Waals surface area contributed by atoms with E-state index in [9.17, 15) is 14.9 Å². The molecule has 1 aliphatic rings. The number of non-ortho nitro benzene ring substituents is 1. The maximum Gasteiger partial charge on any atom is 0.271 e. The summed E-state index contributed by atoms with van der Waals surface area (Å²) >= 11 is 1.33. The van der Waals surface area contributed by atoms with Gasteiger partial charge in [0.1, 0.15) is 6.33 Å². The van der Waals surface area contributed by atoms with Crippen LogP contribution in [0.3, 0.4) is 0 Å². The van der Waals surface area contributed by atoms with Crippen molar-refractivity contribution in [3.8, 4) is 0 Å². The van der Waals surface area contributed by atoms with Gasteiger partial charge in [-0.15, -0.1) is 10.2 Å². The van der Waals surface area contributed by atoms with E-state index in [2.05, 4.69) is 15.5 Å². The summed E-state index contributed by atoms with van der Waals surface area (Å²) in [4.78, 5) is 22.5. The van der Waals surface area contributed by atoms with Crippen molar-refractivity contribution in [3.05, 3.63) is 40.7 Å². The van der Waals surface area contributed by atoms with Gasteiger partial charge in [-0.1, -0.05) is 17.8 Å². The number of carbonyl (C=O) groups is 1. The molecule has 0 bridgehead atoms. The summed E-state index contributed by atoms with van der Waals surface area (Å²) < 4.78 is 1.99. The van der Waals surface area contributed by atoms with E-state index < -0.39 is 10.2 Å². The van der Waals surface area contributed by atoms with Crippen molar-refractivity contribution >= 4 is 29.0 Å². The molecule has 23 heavy (non-hydrogen) atoms. The van der Waals surface area contributed by atoms with Crippen LogP contribution in [0.5, 0.6) is 0 Å². The zero-order chi connectivity index (χ0) is 16.4. The maximum atomic E-state index is 12.3. The molecule has 1 amide bonds. The molecule has 1 saturated carbocycles. The molecule has 9 heteroatoms. The van der Waals surface area contributed by atoms with Crippen LogP contribution in [0.4, 0.5) is 11.4 Å². The highest BCUT2D eigenvalue weighted by atomic mass is 32.2. The molecule has 1 aliphatic carbocycles. The smallest absolute Gasteiger partial charge is 0.271 e. The average molecular weight is 333 g/mol. The molecule has 2 aromatic rings. The minimum atomic E-state index is -0.494. The molecule has 1 atom stereocenters. The predicted molar refractivity (Wildman–Crippen MR) is 85.3 cm³/mol. The Labute approximate surface area is 136 Å². The Morgan fingerprint density at radius 3 is 3.00 bits per heavy atom. The van der Waals surface area contributed by atoms with Crippen LogP contribution in [0, 0.1) is 10.1 Å². The standard InChI is InChI=1S/C14H15N5O3S/c1-9(23-14-17-15-8-18(14)11-5-6-11)13(20)16-10-3-2-4-12(7-10)19(21)22/h2-4,7-9,11H,5-6H2,1H3,(H,16,20)/t9-/m1/s1. The Bertz CT molecular complexity index is 744. The van der Waals surface area contributed by atoms with Crippen molar-refractivity contribution in [1.82, 2.24) is 14.8 Å². The summed E-state index contributed by atoms with van der Waals surface area (Å²) in [5.41, 5.74) is 0.344. The Morgan fingerprint density at radius 2 is 2.30 bits per heavy atom. The molecule has 1 fully saturated rings. The van der Waals surface area contributed by atoms with Crippen LogP contribution < -0.4 is 5.32 Å². The van der Waals surface area contributed by atoms with Gasteiger partial charge in [-0.3, -0.25) is 14.9 Å². The first-order chi connectivity index (χ1) is 11.0. The number of nitrogens with one attached hydrogen (secondary N) is 1. The fourth-order valence-electron chi connectivity index (χ4n) is 2.07. The summed E-state index contributed by atoms with van der Waals surface area (Å²) in [7, 11) is 0. The highest BCUT2D eigenvalue weighted by Gasteiger charge is 2.28. The number of rotatable bonds is 6. The number of nitro benzene ring substituents is 1. The van der Waals surface area contributed by atoms with Gasteiger partial charge in [-0.2, -0.15) is 0 Å². The third kappa shape index (κ3) is 3.67. The van der Waals surface area contributed by atoms with Gasteiger partial charge < -0.3 is 9.88 Å². The SMILES string of the molecule is C[C@@H](Sc1nncn1C1CC1)C(=O)Nc1cccc([N+](=O)[O-])c1. The van der Waals surface area contributed by atoms with Crippen molar-refractivity contribution in [1.29, 1.82) is 0 Å². The van der Waals surface area contributed by atoms with Crippen LogP contribution >= 0.6 is 11.8 Å². The number of carbonyl (C=O) groups excluding carboxylic acids is 1. The topological polar surface area (TPSA) is 103 Å². The molecule has 8 nitrogen and oxygen atoms in total. The minimum absolute atomic E-state index is 0.0587. The van der Waals surface area contributed by atoms with Crippen LogP contribution in [-0.2, 0) is 4.79 Å². The lowest BCUT2D eigenvalue weighted by atomic mass is 10.2. The van der Waals surface area contributed by atoms with Gasteiger partial charge in [0.2, 0.25) is 5.91 Å². The van der Waals surface area contributed by atoms with Crippen LogP contribution in [-0.4, -0.2) is 30.8 Å². The van der Waals surface area contributed by atoms with Crippen LogP contribution in [0.2, 0.25) is 0 Å². The molecule has 0 unspecified atom stereocenters. The third-order valence-corrected chi connectivity index (χ3v) is 4.53. The fourth-order valence-corrected chi connectivity index (χ4v) is 2.97. The first-order valence-electron chi connectivity index (χ1n) is 7.16. The zero-order valence-corrected chi connectivity index (χ0v) is 13.2. The molecule has 3 rings (SSSR count).